The van der Waals surface area contributed by atoms with Crippen molar-refractivity contribution in [1.82, 2.24) is 9.78 Å². The van der Waals surface area contributed by atoms with Gasteiger partial charge in [-0.15, -0.1) is 0 Å². The maximum atomic E-state index is 12.6. The van der Waals surface area contributed by atoms with Crippen LogP contribution >= 0.6 is 0 Å². The molecule has 1 aromatic heterocycles. The molecule has 0 radical (unpaired) electrons. The number of aryl methyl sites for hydroxylation is 3. The van der Waals surface area contributed by atoms with Gasteiger partial charge in [0.25, 0.3) is 5.56 Å². The van der Waals surface area contributed by atoms with Crippen molar-refractivity contribution >= 4 is 11.9 Å². The predicted octanol–water partition coefficient (Wildman–Crippen LogP) is 3.54. The summed E-state index contributed by atoms with van der Waals surface area (Å²) >= 11 is 0. The fourth-order valence-corrected chi connectivity index (χ4v) is 2.47. The Morgan fingerprint density at radius 1 is 1.04 bits per heavy atom. The van der Waals surface area contributed by atoms with Crippen LogP contribution in [-0.4, -0.2) is 16.0 Å². The molecule has 5 nitrogen and oxygen atoms in total. The fourth-order valence-electron chi connectivity index (χ4n) is 2.47. The molecule has 2 aromatic carbocycles. The number of aromatic amines is 1. The van der Waals surface area contributed by atoms with E-state index in [0.717, 1.165) is 28.2 Å². The van der Waals surface area contributed by atoms with Crippen molar-refractivity contribution in [3.8, 4) is 5.69 Å². The zero-order chi connectivity index (χ0) is 17.1. The molecule has 0 saturated heterocycles. The molecule has 122 valence electrons. The molecule has 3 rings (SSSR count). The first-order valence-electron chi connectivity index (χ1n) is 7.79. The van der Waals surface area contributed by atoms with Gasteiger partial charge in [-0.2, -0.15) is 5.10 Å². The lowest BCUT2D eigenvalue weighted by Crippen LogP contribution is -2.17. The highest BCUT2D eigenvalue weighted by Gasteiger charge is 2.10. The Morgan fingerprint density at radius 2 is 1.79 bits per heavy atom. The number of rotatable bonds is 4. The second-order valence-corrected chi connectivity index (χ2v) is 5.87. The summed E-state index contributed by atoms with van der Waals surface area (Å²) in [5, 5.41) is 7.28. The molecule has 0 saturated carbocycles. The van der Waals surface area contributed by atoms with Crippen molar-refractivity contribution in [2.45, 2.75) is 20.8 Å². The van der Waals surface area contributed by atoms with Gasteiger partial charge in [0.15, 0.2) is 0 Å². The molecule has 2 N–H and O–H groups in total. The van der Waals surface area contributed by atoms with Crippen LogP contribution in [0.4, 0.5) is 5.69 Å². The Hall–Kier alpha value is -3.08. The van der Waals surface area contributed by atoms with E-state index < -0.39 is 0 Å². The first kappa shape index (κ1) is 15.8. The Bertz CT molecular complexity index is 933. The summed E-state index contributed by atoms with van der Waals surface area (Å²) in [5.41, 5.74) is 8.14. The molecular formula is C19H20N4O. The molecule has 0 unspecified atom stereocenters. The maximum absolute atomic E-state index is 12.6. The standard InChI is InChI=1S/C19H20N4O/c1-13-7-9-17(10-8-13)23-19(24)18(15(3)22-23)12-20-21-16-6-4-5-14(2)11-16/h4-12,21-22H,1-3H3/b20-12+. The third-order valence-electron chi connectivity index (χ3n) is 3.81. The molecule has 0 aliphatic heterocycles. The summed E-state index contributed by atoms with van der Waals surface area (Å²) in [6.45, 7) is 5.90. The smallest absolute Gasteiger partial charge is 0.280 e. The van der Waals surface area contributed by atoms with Crippen molar-refractivity contribution in [1.29, 1.82) is 0 Å². The normalized spacial score (nSPS) is 11.1. The third kappa shape index (κ3) is 3.30. The Balaban J connectivity index is 1.85. The van der Waals surface area contributed by atoms with E-state index in [1.807, 2.05) is 69.3 Å². The molecule has 3 aromatic rings. The lowest BCUT2D eigenvalue weighted by molar-refractivity contribution is 0.835. The fraction of sp³-hybridized carbons (Fsp3) is 0.158. The Labute approximate surface area is 140 Å². The van der Waals surface area contributed by atoms with Gasteiger partial charge in [-0.3, -0.25) is 15.3 Å². The zero-order valence-electron chi connectivity index (χ0n) is 14.0. The molecule has 0 aliphatic rings. The number of nitrogens with zero attached hydrogens (tertiary/aromatic N) is 2. The molecule has 0 aliphatic carbocycles. The van der Waals surface area contributed by atoms with E-state index in [9.17, 15) is 4.79 Å². The lowest BCUT2D eigenvalue weighted by atomic mass is 10.2. The van der Waals surface area contributed by atoms with Crippen LogP contribution in [0.1, 0.15) is 22.4 Å². The predicted molar refractivity (Wildman–Crippen MR) is 98.3 cm³/mol. The number of hydrazone groups is 1. The van der Waals surface area contributed by atoms with Crippen LogP contribution in [-0.2, 0) is 0 Å². The van der Waals surface area contributed by atoms with E-state index in [2.05, 4.69) is 15.6 Å². The van der Waals surface area contributed by atoms with Crippen molar-refractivity contribution in [2.75, 3.05) is 5.43 Å². The first-order chi connectivity index (χ1) is 11.5. The minimum absolute atomic E-state index is 0.119. The van der Waals surface area contributed by atoms with Crippen molar-refractivity contribution in [3.63, 3.8) is 0 Å². The average Bonchev–Trinajstić information content (AvgIpc) is 2.84. The number of nitrogens with one attached hydrogen (secondary N) is 2. The van der Waals surface area contributed by atoms with Gasteiger partial charge in [0.2, 0.25) is 0 Å². The van der Waals surface area contributed by atoms with E-state index in [1.165, 1.54) is 4.68 Å². The van der Waals surface area contributed by atoms with Crippen LogP contribution in [0.2, 0.25) is 0 Å². The zero-order valence-corrected chi connectivity index (χ0v) is 14.0. The monoisotopic (exact) mass is 320 g/mol. The van der Waals surface area contributed by atoms with E-state index >= 15 is 0 Å². The second kappa shape index (κ2) is 6.58. The summed E-state index contributed by atoms with van der Waals surface area (Å²) in [5.74, 6) is 0. The van der Waals surface area contributed by atoms with Crippen LogP contribution < -0.4 is 11.0 Å². The molecular weight excluding hydrogens is 300 g/mol. The number of hydrogen-bond donors (Lipinski definition) is 2. The second-order valence-electron chi connectivity index (χ2n) is 5.87. The molecule has 0 amide bonds. The van der Waals surface area contributed by atoms with Crippen molar-refractivity contribution in [2.24, 2.45) is 5.10 Å². The number of benzene rings is 2. The van der Waals surface area contributed by atoms with Crippen LogP contribution in [0.25, 0.3) is 5.69 Å². The van der Waals surface area contributed by atoms with Gasteiger partial charge in [0, 0.05) is 5.69 Å². The van der Waals surface area contributed by atoms with Gasteiger partial charge in [-0.25, -0.2) is 4.68 Å². The Morgan fingerprint density at radius 3 is 2.50 bits per heavy atom. The highest BCUT2D eigenvalue weighted by atomic mass is 16.1. The highest BCUT2D eigenvalue weighted by Crippen LogP contribution is 2.10. The van der Waals surface area contributed by atoms with Gasteiger partial charge in [-0.1, -0.05) is 29.8 Å². The largest absolute Gasteiger partial charge is 0.295 e. The van der Waals surface area contributed by atoms with E-state index in [4.69, 9.17) is 0 Å². The highest BCUT2D eigenvalue weighted by molar-refractivity contribution is 5.81. The van der Waals surface area contributed by atoms with Gasteiger partial charge in [-0.05, 0) is 50.6 Å². The molecule has 0 bridgehead atoms. The van der Waals surface area contributed by atoms with E-state index in [1.54, 1.807) is 6.21 Å². The van der Waals surface area contributed by atoms with Gasteiger partial charge >= 0.3 is 0 Å². The van der Waals surface area contributed by atoms with Crippen molar-refractivity contribution in [3.05, 3.63) is 81.3 Å². The summed E-state index contributed by atoms with van der Waals surface area (Å²) in [4.78, 5) is 12.6. The number of hydrogen-bond acceptors (Lipinski definition) is 3. The lowest BCUT2D eigenvalue weighted by Gasteiger charge is -2.01. The number of H-pyrrole nitrogens is 1. The van der Waals surface area contributed by atoms with Crippen molar-refractivity contribution < 1.29 is 0 Å². The van der Waals surface area contributed by atoms with E-state index in [-0.39, 0.29) is 5.56 Å². The first-order valence-corrected chi connectivity index (χ1v) is 7.79. The molecule has 0 fully saturated rings. The summed E-state index contributed by atoms with van der Waals surface area (Å²) < 4.78 is 1.53. The Kier molecular flexibility index (Phi) is 4.33. The summed E-state index contributed by atoms with van der Waals surface area (Å²) in [6, 6.07) is 15.7. The quantitative estimate of drug-likeness (QED) is 0.570. The van der Waals surface area contributed by atoms with Gasteiger partial charge in [0.05, 0.1) is 23.2 Å². The molecule has 5 heteroatoms. The SMILES string of the molecule is Cc1ccc(-n2[nH]c(C)c(/C=N/Nc3cccc(C)c3)c2=O)cc1. The molecule has 0 atom stereocenters. The van der Waals surface area contributed by atoms with Gasteiger partial charge < -0.3 is 0 Å². The van der Waals surface area contributed by atoms with Gasteiger partial charge in [0.1, 0.15) is 0 Å². The van der Waals surface area contributed by atoms with E-state index in [0.29, 0.717) is 5.56 Å². The summed E-state index contributed by atoms with van der Waals surface area (Å²) in [7, 11) is 0. The number of aromatic nitrogens is 2. The molecule has 24 heavy (non-hydrogen) atoms. The average molecular weight is 320 g/mol. The van der Waals surface area contributed by atoms with Crippen LogP contribution in [0.5, 0.6) is 0 Å². The molecule has 0 spiro atoms. The minimum Gasteiger partial charge on any atom is -0.295 e. The number of anilines is 1. The van der Waals surface area contributed by atoms with Crippen LogP contribution in [0, 0.1) is 20.8 Å². The van der Waals surface area contributed by atoms with Crippen LogP contribution in [0.3, 0.4) is 0 Å². The molecule has 1 heterocycles. The summed E-state index contributed by atoms with van der Waals surface area (Å²) in [6.07, 6.45) is 1.56. The third-order valence-corrected chi connectivity index (χ3v) is 3.81. The topological polar surface area (TPSA) is 62.2 Å². The maximum Gasteiger partial charge on any atom is 0.280 e. The van der Waals surface area contributed by atoms with Crippen LogP contribution in [0.15, 0.2) is 58.4 Å². The minimum atomic E-state index is -0.119.